The van der Waals surface area contributed by atoms with E-state index >= 15 is 0 Å². The minimum atomic E-state index is -2.60. The van der Waals surface area contributed by atoms with E-state index in [0.29, 0.717) is 15.5 Å². The molecule has 1 rings (SSSR count). The van der Waals surface area contributed by atoms with Crippen molar-refractivity contribution in [3.63, 3.8) is 0 Å². The van der Waals surface area contributed by atoms with Crippen molar-refractivity contribution < 1.29 is 8.78 Å². The molecule has 80 valence electrons. The summed E-state index contributed by atoms with van der Waals surface area (Å²) in [4.78, 5) is 3.91. The molecule has 2 nitrogen and oxygen atoms in total. The van der Waals surface area contributed by atoms with Gasteiger partial charge in [0.1, 0.15) is 4.60 Å². The fourth-order valence-electron chi connectivity index (χ4n) is 1.21. The van der Waals surface area contributed by atoms with Crippen molar-refractivity contribution in [2.75, 3.05) is 0 Å². The molecule has 0 saturated heterocycles. The summed E-state index contributed by atoms with van der Waals surface area (Å²) in [6.07, 6.45) is -1.30. The number of pyridine rings is 1. The third-order valence-electron chi connectivity index (χ3n) is 1.87. The zero-order chi connectivity index (χ0) is 11.4. The Balaban J connectivity index is 3.38. The summed E-state index contributed by atoms with van der Waals surface area (Å²) in [5, 5.41) is 8.86. The fraction of sp³-hybridized carbons (Fsp3) is 0.333. The quantitative estimate of drug-likeness (QED) is 0.621. The van der Waals surface area contributed by atoms with Gasteiger partial charge < -0.3 is 0 Å². The first-order valence-electron chi connectivity index (χ1n) is 3.99. The second-order valence-electron chi connectivity index (χ2n) is 2.74. The third-order valence-corrected chi connectivity index (χ3v) is 3.16. The maximum atomic E-state index is 12.8. The van der Waals surface area contributed by atoms with Gasteiger partial charge in [-0.2, -0.15) is 5.26 Å². The van der Waals surface area contributed by atoms with Crippen LogP contribution < -0.4 is 0 Å². The molecule has 0 atom stereocenters. The lowest BCUT2D eigenvalue weighted by Crippen LogP contribution is -2.02. The van der Waals surface area contributed by atoms with E-state index in [1.165, 1.54) is 6.20 Å². The van der Waals surface area contributed by atoms with Crippen LogP contribution in [0.25, 0.3) is 0 Å². The van der Waals surface area contributed by atoms with E-state index in [9.17, 15) is 8.78 Å². The molecule has 0 aliphatic rings. The molecule has 0 fully saturated rings. The zero-order valence-electron chi connectivity index (χ0n) is 7.48. The van der Waals surface area contributed by atoms with Crippen LogP contribution in [0.2, 0.25) is 0 Å². The minimum absolute atomic E-state index is 0.0753. The van der Waals surface area contributed by atoms with Gasteiger partial charge in [-0.25, -0.2) is 13.8 Å². The van der Waals surface area contributed by atoms with E-state index in [1.54, 1.807) is 0 Å². The van der Waals surface area contributed by atoms with Crippen molar-refractivity contribution in [2.24, 2.45) is 0 Å². The first-order valence-corrected chi connectivity index (χ1v) is 5.90. The van der Waals surface area contributed by atoms with Crippen molar-refractivity contribution in [2.45, 2.75) is 18.2 Å². The van der Waals surface area contributed by atoms with Crippen LogP contribution in [0.5, 0.6) is 0 Å². The Bertz CT molecular complexity index is 402. The van der Waals surface area contributed by atoms with Gasteiger partial charge in [0, 0.05) is 22.7 Å². The number of alkyl halides is 3. The Morgan fingerprint density at radius 3 is 2.67 bits per heavy atom. The first kappa shape index (κ1) is 12.5. The molecule has 0 spiro atoms. The van der Waals surface area contributed by atoms with Crippen LogP contribution in [-0.4, -0.2) is 4.98 Å². The molecule has 1 aromatic rings. The van der Waals surface area contributed by atoms with Crippen LogP contribution in [0.3, 0.4) is 0 Å². The lowest BCUT2D eigenvalue weighted by atomic mass is 10.0. The standard InChI is InChI=1S/C9H6Br2F2N2/c10-3-5-4-15-8(11)6(1-2-14)7(5)9(12)13/h4,9H,1,3H2. The third kappa shape index (κ3) is 2.73. The Labute approximate surface area is 103 Å². The number of hydrogen-bond acceptors (Lipinski definition) is 2. The van der Waals surface area contributed by atoms with E-state index in [0.717, 1.165) is 0 Å². The summed E-state index contributed by atoms with van der Waals surface area (Å²) in [5.41, 5.74) is 0.582. The van der Waals surface area contributed by atoms with Crippen molar-refractivity contribution >= 4 is 31.9 Å². The van der Waals surface area contributed by atoms with Crippen LogP contribution in [-0.2, 0) is 11.8 Å². The van der Waals surface area contributed by atoms with Gasteiger partial charge in [0.25, 0.3) is 6.43 Å². The molecular weight excluding hydrogens is 334 g/mol. The summed E-state index contributed by atoms with van der Waals surface area (Å²) in [6.45, 7) is 0. The maximum absolute atomic E-state index is 12.8. The number of halogens is 4. The molecule has 6 heteroatoms. The second-order valence-corrected chi connectivity index (χ2v) is 4.05. The van der Waals surface area contributed by atoms with Gasteiger partial charge in [-0.3, -0.25) is 0 Å². The molecule has 0 aliphatic carbocycles. The van der Waals surface area contributed by atoms with Gasteiger partial charge >= 0.3 is 0 Å². The molecule has 0 bridgehead atoms. The molecule has 0 saturated carbocycles. The number of nitrogens with zero attached hydrogens (tertiary/aromatic N) is 2. The highest BCUT2D eigenvalue weighted by Gasteiger charge is 2.20. The average Bonchev–Trinajstić information content (AvgIpc) is 2.20. The molecule has 1 heterocycles. The second kappa shape index (κ2) is 5.52. The van der Waals surface area contributed by atoms with Crippen molar-refractivity contribution in [1.82, 2.24) is 4.98 Å². The molecule has 0 aromatic carbocycles. The van der Waals surface area contributed by atoms with E-state index in [4.69, 9.17) is 5.26 Å². The molecular formula is C9H6Br2F2N2. The minimum Gasteiger partial charge on any atom is -0.249 e. The predicted molar refractivity (Wildman–Crippen MR) is 58.8 cm³/mol. The highest BCUT2D eigenvalue weighted by Crippen LogP contribution is 2.31. The van der Waals surface area contributed by atoms with E-state index in [2.05, 4.69) is 36.8 Å². The summed E-state index contributed by atoms with van der Waals surface area (Å²) in [5.74, 6) is 0. The van der Waals surface area contributed by atoms with Crippen LogP contribution in [0, 0.1) is 11.3 Å². The molecule has 15 heavy (non-hydrogen) atoms. The van der Waals surface area contributed by atoms with Gasteiger partial charge in [-0.1, -0.05) is 15.9 Å². The Morgan fingerprint density at radius 2 is 2.20 bits per heavy atom. The molecule has 0 N–H and O–H groups in total. The van der Waals surface area contributed by atoms with Crippen molar-refractivity contribution in [3.05, 3.63) is 27.5 Å². The molecule has 0 amide bonds. The SMILES string of the molecule is N#CCc1c(Br)ncc(CBr)c1C(F)F. The van der Waals surface area contributed by atoms with Gasteiger partial charge in [0.2, 0.25) is 0 Å². The topological polar surface area (TPSA) is 36.7 Å². The van der Waals surface area contributed by atoms with Gasteiger partial charge in [-0.05, 0) is 21.5 Å². The van der Waals surface area contributed by atoms with Crippen LogP contribution in [0.15, 0.2) is 10.8 Å². The van der Waals surface area contributed by atoms with Gasteiger partial charge in [-0.15, -0.1) is 0 Å². The zero-order valence-corrected chi connectivity index (χ0v) is 10.6. The van der Waals surface area contributed by atoms with Crippen molar-refractivity contribution in [3.8, 4) is 6.07 Å². The number of nitriles is 1. The number of hydrogen-bond donors (Lipinski definition) is 0. The van der Waals surface area contributed by atoms with E-state index in [1.807, 2.05) is 6.07 Å². The average molecular weight is 340 g/mol. The normalized spacial score (nSPS) is 10.4. The monoisotopic (exact) mass is 338 g/mol. The predicted octanol–water partition coefficient (Wildman–Crippen LogP) is 3.74. The molecule has 0 radical (unpaired) electrons. The van der Waals surface area contributed by atoms with Crippen LogP contribution in [0.1, 0.15) is 23.1 Å². The lowest BCUT2D eigenvalue weighted by molar-refractivity contribution is 0.149. The Kier molecular flexibility index (Phi) is 4.61. The summed E-state index contributed by atoms with van der Waals surface area (Å²) >= 11 is 6.18. The van der Waals surface area contributed by atoms with Crippen LogP contribution >= 0.6 is 31.9 Å². The number of aromatic nitrogens is 1. The Hall–Kier alpha value is -0.540. The summed E-state index contributed by atoms with van der Waals surface area (Å²) in [7, 11) is 0. The molecule has 0 unspecified atom stereocenters. The van der Waals surface area contributed by atoms with Gasteiger partial charge in [0.05, 0.1) is 12.5 Å². The summed E-state index contributed by atoms with van der Waals surface area (Å²) in [6, 6.07) is 1.85. The van der Waals surface area contributed by atoms with E-state index < -0.39 is 6.43 Å². The van der Waals surface area contributed by atoms with Crippen LogP contribution in [0.4, 0.5) is 8.78 Å². The van der Waals surface area contributed by atoms with E-state index in [-0.39, 0.29) is 17.5 Å². The number of rotatable bonds is 3. The lowest BCUT2D eigenvalue weighted by Gasteiger charge is -2.11. The molecule has 0 aliphatic heterocycles. The fourth-order valence-corrected chi connectivity index (χ4v) is 2.12. The Morgan fingerprint density at radius 1 is 1.53 bits per heavy atom. The first-order chi connectivity index (χ1) is 7.11. The maximum Gasteiger partial charge on any atom is 0.264 e. The highest BCUT2D eigenvalue weighted by atomic mass is 79.9. The van der Waals surface area contributed by atoms with Gasteiger partial charge in [0.15, 0.2) is 0 Å². The molecule has 1 aromatic heterocycles. The van der Waals surface area contributed by atoms with Crippen molar-refractivity contribution in [1.29, 1.82) is 5.26 Å². The summed E-state index contributed by atoms with van der Waals surface area (Å²) < 4.78 is 25.9. The largest absolute Gasteiger partial charge is 0.264 e. The smallest absolute Gasteiger partial charge is 0.249 e. The highest BCUT2D eigenvalue weighted by molar-refractivity contribution is 9.10.